The Kier molecular flexibility index (Phi) is 5.83. The van der Waals surface area contributed by atoms with Crippen molar-refractivity contribution < 1.29 is 14.3 Å². The summed E-state index contributed by atoms with van der Waals surface area (Å²) in [4.78, 5) is 26.6. The summed E-state index contributed by atoms with van der Waals surface area (Å²) in [5.41, 5.74) is 2.91. The zero-order valence-electron chi connectivity index (χ0n) is 15.0. The van der Waals surface area contributed by atoms with Crippen molar-refractivity contribution in [3.63, 3.8) is 0 Å². The first kappa shape index (κ1) is 18.3. The van der Waals surface area contributed by atoms with E-state index in [0.29, 0.717) is 5.75 Å². The normalized spacial score (nSPS) is 13.1. The molecule has 0 unspecified atom stereocenters. The van der Waals surface area contributed by atoms with Gasteiger partial charge in [0.15, 0.2) is 0 Å². The highest BCUT2D eigenvalue weighted by Crippen LogP contribution is 2.31. The Labute approximate surface area is 157 Å². The molecule has 3 rings (SSSR count). The van der Waals surface area contributed by atoms with Crippen LogP contribution in [-0.4, -0.2) is 31.2 Å². The Hall–Kier alpha value is -2.47. The lowest BCUT2D eigenvalue weighted by atomic mass is 10.0. The van der Waals surface area contributed by atoms with Gasteiger partial charge in [0, 0.05) is 29.7 Å². The summed E-state index contributed by atoms with van der Waals surface area (Å²) >= 11 is 1.50. The first-order valence-corrected chi connectivity index (χ1v) is 9.53. The Morgan fingerprint density at radius 3 is 2.65 bits per heavy atom. The minimum absolute atomic E-state index is 0.0963. The van der Waals surface area contributed by atoms with E-state index in [0.717, 1.165) is 47.0 Å². The van der Waals surface area contributed by atoms with E-state index in [2.05, 4.69) is 5.32 Å². The molecule has 2 aromatic rings. The van der Waals surface area contributed by atoms with Crippen LogP contribution in [0.25, 0.3) is 0 Å². The van der Waals surface area contributed by atoms with Crippen molar-refractivity contribution in [3.05, 3.63) is 48.0 Å². The van der Waals surface area contributed by atoms with Gasteiger partial charge in [0.25, 0.3) is 0 Å². The van der Waals surface area contributed by atoms with Gasteiger partial charge in [0.05, 0.1) is 12.9 Å². The molecule has 1 aliphatic heterocycles. The summed E-state index contributed by atoms with van der Waals surface area (Å²) in [6.07, 6.45) is 1.93. The first-order chi connectivity index (χ1) is 12.6. The molecule has 0 fully saturated rings. The first-order valence-electron chi connectivity index (χ1n) is 8.54. The summed E-state index contributed by atoms with van der Waals surface area (Å²) in [6.45, 7) is 2.23. The van der Waals surface area contributed by atoms with Crippen LogP contribution in [-0.2, 0) is 16.0 Å². The van der Waals surface area contributed by atoms with Gasteiger partial charge in [-0.25, -0.2) is 0 Å². The number of carbonyl (C=O) groups is 2. The third-order valence-corrected chi connectivity index (χ3v) is 5.24. The van der Waals surface area contributed by atoms with Crippen LogP contribution >= 0.6 is 11.8 Å². The van der Waals surface area contributed by atoms with Crippen molar-refractivity contribution in [2.24, 2.45) is 0 Å². The van der Waals surface area contributed by atoms with Gasteiger partial charge in [-0.1, -0.05) is 0 Å². The predicted molar refractivity (Wildman–Crippen MR) is 105 cm³/mol. The van der Waals surface area contributed by atoms with Crippen LogP contribution in [0.2, 0.25) is 0 Å². The van der Waals surface area contributed by atoms with Crippen LogP contribution in [0, 0.1) is 0 Å². The van der Waals surface area contributed by atoms with E-state index in [-0.39, 0.29) is 11.8 Å². The van der Waals surface area contributed by atoms with Crippen molar-refractivity contribution in [2.75, 3.05) is 29.6 Å². The molecule has 0 aliphatic carbocycles. The number of ether oxygens (including phenoxy) is 1. The predicted octanol–water partition coefficient (Wildman–Crippen LogP) is 3.73. The number of benzene rings is 2. The van der Waals surface area contributed by atoms with Crippen LogP contribution in [0.3, 0.4) is 0 Å². The number of hydrogen-bond acceptors (Lipinski definition) is 4. The Morgan fingerprint density at radius 2 is 1.96 bits per heavy atom. The second-order valence-electron chi connectivity index (χ2n) is 6.14. The lowest BCUT2D eigenvalue weighted by Gasteiger charge is -2.29. The van der Waals surface area contributed by atoms with Crippen LogP contribution in [0.1, 0.15) is 18.9 Å². The standard InChI is InChI=1S/C20H22N2O3S/c1-14(23)21-16-5-8-18(9-6-16)26-13-20(24)22-11-3-4-15-12-17(25-2)7-10-19(15)22/h5-10,12H,3-4,11,13H2,1-2H3,(H,21,23). The van der Waals surface area contributed by atoms with E-state index in [1.807, 2.05) is 47.4 Å². The molecule has 1 aliphatic rings. The van der Waals surface area contributed by atoms with E-state index in [9.17, 15) is 9.59 Å². The number of thioether (sulfide) groups is 1. The van der Waals surface area contributed by atoms with E-state index in [4.69, 9.17) is 4.74 Å². The van der Waals surface area contributed by atoms with Gasteiger partial charge in [-0.15, -0.1) is 11.8 Å². The van der Waals surface area contributed by atoms with Crippen LogP contribution in [0.15, 0.2) is 47.4 Å². The molecule has 0 saturated carbocycles. The molecule has 0 atom stereocenters. The number of rotatable bonds is 5. The maximum Gasteiger partial charge on any atom is 0.237 e. The van der Waals surface area contributed by atoms with Crippen molar-refractivity contribution in [1.82, 2.24) is 0 Å². The van der Waals surface area contributed by atoms with Gasteiger partial charge in [0.1, 0.15) is 5.75 Å². The molecule has 1 N–H and O–H groups in total. The quantitative estimate of drug-likeness (QED) is 0.815. The molecule has 6 heteroatoms. The summed E-state index contributed by atoms with van der Waals surface area (Å²) < 4.78 is 5.28. The monoisotopic (exact) mass is 370 g/mol. The number of amides is 2. The minimum atomic E-state index is -0.0963. The molecular formula is C20H22N2O3S. The average molecular weight is 370 g/mol. The number of nitrogens with one attached hydrogen (secondary N) is 1. The fourth-order valence-corrected chi connectivity index (χ4v) is 3.79. The maximum absolute atomic E-state index is 12.7. The minimum Gasteiger partial charge on any atom is -0.497 e. The van der Waals surface area contributed by atoms with Crippen molar-refractivity contribution in [1.29, 1.82) is 0 Å². The molecular weight excluding hydrogens is 348 g/mol. The van der Waals surface area contributed by atoms with Gasteiger partial charge in [0.2, 0.25) is 11.8 Å². The fourth-order valence-electron chi connectivity index (χ4n) is 3.02. The molecule has 0 spiro atoms. The number of nitrogens with zero attached hydrogens (tertiary/aromatic N) is 1. The van der Waals surface area contributed by atoms with E-state index in [1.54, 1.807) is 7.11 Å². The Morgan fingerprint density at radius 1 is 1.19 bits per heavy atom. The number of fused-ring (bicyclic) bond motifs is 1. The lowest BCUT2D eigenvalue weighted by Crippen LogP contribution is -2.36. The summed E-state index contributed by atoms with van der Waals surface area (Å²) in [7, 11) is 1.65. The van der Waals surface area contributed by atoms with Gasteiger partial charge in [-0.2, -0.15) is 0 Å². The Balaban J connectivity index is 1.63. The molecule has 0 saturated heterocycles. The number of carbonyl (C=O) groups excluding carboxylic acids is 2. The average Bonchev–Trinajstić information content (AvgIpc) is 2.65. The van der Waals surface area contributed by atoms with Crippen LogP contribution in [0.5, 0.6) is 5.75 Å². The number of methoxy groups -OCH3 is 1. The topological polar surface area (TPSA) is 58.6 Å². The highest BCUT2D eigenvalue weighted by Gasteiger charge is 2.22. The third-order valence-electron chi connectivity index (χ3n) is 4.24. The van der Waals surface area contributed by atoms with E-state index >= 15 is 0 Å². The second-order valence-corrected chi connectivity index (χ2v) is 7.19. The van der Waals surface area contributed by atoms with Gasteiger partial charge in [-0.05, 0) is 60.9 Å². The second kappa shape index (κ2) is 8.27. The van der Waals surface area contributed by atoms with E-state index < -0.39 is 0 Å². The SMILES string of the molecule is COc1ccc2c(c1)CCCN2C(=O)CSc1ccc(NC(C)=O)cc1. The van der Waals surface area contributed by atoms with Crippen LogP contribution in [0.4, 0.5) is 11.4 Å². The molecule has 26 heavy (non-hydrogen) atoms. The van der Waals surface area contributed by atoms with Gasteiger partial charge < -0.3 is 15.0 Å². The maximum atomic E-state index is 12.7. The van der Waals surface area contributed by atoms with Gasteiger partial charge >= 0.3 is 0 Å². The smallest absolute Gasteiger partial charge is 0.237 e. The highest BCUT2D eigenvalue weighted by molar-refractivity contribution is 8.00. The summed E-state index contributed by atoms with van der Waals surface area (Å²) in [6, 6.07) is 13.4. The van der Waals surface area contributed by atoms with E-state index in [1.165, 1.54) is 18.7 Å². The van der Waals surface area contributed by atoms with Crippen molar-refractivity contribution in [3.8, 4) is 5.75 Å². The molecule has 136 valence electrons. The van der Waals surface area contributed by atoms with Crippen LogP contribution < -0.4 is 15.0 Å². The zero-order chi connectivity index (χ0) is 18.5. The number of hydrogen-bond donors (Lipinski definition) is 1. The highest BCUT2D eigenvalue weighted by atomic mass is 32.2. The van der Waals surface area contributed by atoms with Crippen molar-refractivity contribution >= 4 is 35.0 Å². The lowest BCUT2D eigenvalue weighted by molar-refractivity contribution is -0.116. The molecule has 1 heterocycles. The molecule has 2 aromatic carbocycles. The summed E-state index contributed by atoms with van der Waals surface area (Å²) in [5.74, 6) is 1.21. The molecule has 5 nitrogen and oxygen atoms in total. The third kappa shape index (κ3) is 4.38. The molecule has 2 amide bonds. The molecule has 0 bridgehead atoms. The largest absolute Gasteiger partial charge is 0.497 e. The molecule has 0 aromatic heterocycles. The number of anilines is 2. The summed E-state index contributed by atoms with van der Waals surface area (Å²) in [5, 5.41) is 2.74. The van der Waals surface area contributed by atoms with Crippen molar-refractivity contribution in [2.45, 2.75) is 24.7 Å². The van der Waals surface area contributed by atoms with Gasteiger partial charge in [-0.3, -0.25) is 9.59 Å². The fraction of sp³-hybridized carbons (Fsp3) is 0.300. The molecule has 0 radical (unpaired) electrons. The zero-order valence-corrected chi connectivity index (χ0v) is 15.8. The Bertz CT molecular complexity index is 805. The number of aryl methyl sites for hydroxylation is 1.